The molecule has 0 bridgehead atoms. The summed E-state index contributed by atoms with van der Waals surface area (Å²) in [4.78, 5) is 11.6. The number of hydrogen-bond acceptors (Lipinski definition) is 3. The van der Waals surface area contributed by atoms with Crippen LogP contribution in [0.1, 0.15) is 32.8 Å². The Morgan fingerprint density at radius 1 is 1.37 bits per heavy atom. The SMILES string of the molecule is CC(C)(C)CC(=O)OC=C(C#N)c1ccc(Cl)cc1. The van der Waals surface area contributed by atoms with Gasteiger partial charge in [-0.1, -0.05) is 44.5 Å². The van der Waals surface area contributed by atoms with Crippen LogP contribution in [-0.4, -0.2) is 5.97 Å². The average Bonchev–Trinajstić information content (AvgIpc) is 2.29. The molecule has 0 aromatic heterocycles. The van der Waals surface area contributed by atoms with E-state index in [4.69, 9.17) is 21.6 Å². The Bertz CT molecular complexity index is 519. The number of halogens is 1. The lowest BCUT2D eigenvalue weighted by molar-refractivity contribution is -0.139. The van der Waals surface area contributed by atoms with E-state index in [-0.39, 0.29) is 11.4 Å². The van der Waals surface area contributed by atoms with Crippen LogP contribution in [0.15, 0.2) is 30.5 Å². The lowest BCUT2D eigenvalue weighted by Gasteiger charge is -2.15. The van der Waals surface area contributed by atoms with Gasteiger partial charge in [0.2, 0.25) is 0 Å². The van der Waals surface area contributed by atoms with E-state index in [1.165, 1.54) is 6.26 Å². The highest BCUT2D eigenvalue weighted by Crippen LogP contribution is 2.20. The molecule has 0 aliphatic rings. The van der Waals surface area contributed by atoms with Crippen LogP contribution in [0.4, 0.5) is 0 Å². The van der Waals surface area contributed by atoms with Gasteiger partial charge in [-0.25, -0.2) is 0 Å². The van der Waals surface area contributed by atoms with Gasteiger partial charge >= 0.3 is 5.97 Å². The molecule has 0 radical (unpaired) electrons. The maximum Gasteiger partial charge on any atom is 0.311 e. The summed E-state index contributed by atoms with van der Waals surface area (Å²) in [5, 5.41) is 9.64. The zero-order chi connectivity index (χ0) is 14.5. The van der Waals surface area contributed by atoms with E-state index >= 15 is 0 Å². The summed E-state index contributed by atoms with van der Waals surface area (Å²) in [6.45, 7) is 5.84. The predicted molar refractivity (Wildman–Crippen MR) is 75.2 cm³/mol. The Labute approximate surface area is 118 Å². The highest BCUT2D eigenvalue weighted by atomic mass is 35.5. The predicted octanol–water partition coefficient (Wildman–Crippen LogP) is 4.18. The Morgan fingerprint density at radius 3 is 2.42 bits per heavy atom. The first-order valence-electron chi connectivity index (χ1n) is 5.87. The number of nitrogens with zero attached hydrogens (tertiary/aromatic N) is 1. The number of ether oxygens (including phenoxy) is 1. The molecular formula is C15H16ClNO2. The Kier molecular flexibility index (Phi) is 5.14. The topological polar surface area (TPSA) is 50.1 Å². The number of rotatable bonds is 3. The van der Waals surface area contributed by atoms with Crippen molar-refractivity contribution in [3.05, 3.63) is 41.1 Å². The summed E-state index contributed by atoms with van der Waals surface area (Å²) < 4.78 is 5.00. The monoisotopic (exact) mass is 277 g/mol. The molecule has 0 N–H and O–H groups in total. The van der Waals surface area contributed by atoms with Gasteiger partial charge in [0.25, 0.3) is 0 Å². The third kappa shape index (κ3) is 5.58. The van der Waals surface area contributed by atoms with Crippen LogP contribution in [0.25, 0.3) is 5.57 Å². The van der Waals surface area contributed by atoms with Gasteiger partial charge in [0.1, 0.15) is 12.3 Å². The Hall–Kier alpha value is -1.79. The Balaban J connectivity index is 2.76. The maximum atomic E-state index is 11.6. The second-order valence-electron chi connectivity index (χ2n) is 5.38. The van der Waals surface area contributed by atoms with Crippen molar-refractivity contribution < 1.29 is 9.53 Å². The average molecular weight is 278 g/mol. The minimum absolute atomic E-state index is 0.141. The molecule has 0 heterocycles. The van der Waals surface area contributed by atoms with E-state index in [1.807, 2.05) is 26.8 Å². The first-order valence-corrected chi connectivity index (χ1v) is 6.25. The van der Waals surface area contributed by atoms with Crippen molar-refractivity contribution in [2.45, 2.75) is 27.2 Å². The lowest BCUT2D eigenvalue weighted by atomic mass is 9.92. The number of esters is 1. The summed E-state index contributed by atoms with van der Waals surface area (Å²) in [5.41, 5.74) is 0.812. The lowest BCUT2D eigenvalue weighted by Crippen LogP contribution is -2.13. The van der Waals surface area contributed by atoms with Crippen LogP contribution in [0.3, 0.4) is 0 Å². The molecule has 3 nitrogen and oxygen atoms in total. The normalized spacial score (nSPS) is 11.8. The van der Waals surface area contributed by atoms with Crippen LogP contribution in [0.5, 0.6) is 0 Å². The number of allylic oxidation sites excluding steroid dienone is 1. The van der Waals surface area contributed by atoms with E-state index in [1.54, 1.807) is 24.3 Å². The molecule has 0 aliphatic heterocycles. The van der Waals surface area contributed by atoms with Crippen molar-refractivity contribution in [1.29, 1.82) is 5.26 Å². The summed E-state index contributed by atoms with van der Waals surface area (Å²) >= 11 is 5.77. The quantitative estimate of drug-likeness (QED) is 0.473. The number of nitriles is 1. The van der Waals surface area contributed by atoms with Crippen molar-refractivity contribution >= 4 is 23.1 Å². The van der Waals surface area contributed by atoms with Crippen molar-refractivity contribution in [3.63, 3.8) is 0 Å². The van der Waals surface area contributed by atoms with E-state index in [0.717, 1.165) is 0 Å². The van der Waals surface area contributed by atoms with Gasteiger partial charge in [0.05, 0.1) is 12.0 Å². The summed E-state index contributed by atoms with van der Waals surface area (Å²) in [5.74, 6) is -0.353. The summed E-state index contributed by atoms with van der Waals surface area (Å²) in [6.07, 6.45) is 1.49. The van der Waals surface area contributed by atoms with E-state index in [9.17, 15) is 4.79 Å². The van der Waals surface area contributed by atoms with Gasteiger partial charge in [-0.2, -0.15) is 5.26 Å². The molecule has 0 saturated heterocycles. The number of carbonyl (C=O) groups excluding carboxylic acids is 1. The van der Waals surface area contributed by atoms with Crippen molar-refractivity contribution in [2.75, 3.05) is 0 Å². The minimum Gasteiger partial charge on any atom is -0.433 e. The van der Waals surface area contributed by atoms with Crippen LogP contribution in [-0.2, 0) is 9.53 Å². The molecule has 0 spiro atoms. The minimum atomic E-state index is -0.353. The Morgan fingerprint density at radius 2 is 1.95 bits per heavy atom. The number of hydrogen-bond donors (Lipinski definition) is 0. The molecule has 4 heteroatoms. The number of benzene rings is 1. The van der Waals surface area contributed by atoms with Crippen LogP contribution >= 0.6 is 11.6 Å². The second-order valence-corrected chi connectivity index (χ2v) is 5.81. The summed E-state index contributed by atoms with van der Waals surface area (Å²) in [6, 6.07) is 8.76. The largest absolute Gasteiger partial charge is 0.433 e. The second kappa shape index (κ2) is 6.40. The molecule has 0 unspecified atom stereocenters. The van der Waals surface area contributed by atoms with Gasteiger partial charge < -0.3 is 4.74 Å². The molecule has 1 aromatic carbocycles. The highest BCUT2D eigenvalue weighted by molar-refractivity contribution is 6.30. The fraction of sp³-hybridized carbons (Fsp3) is 0.333. The molecule has 0 atom stereocenters. The standard InChI is InChI=1S/C15H16ClNO2/c1-15(2,3)8-14(18)19-10-12(9-17)11-4-6-13(16)7-5-11/h4-7,10H,8H2,1-3H3. The zero-order valence-corrected chi connectivity index (χ0v) is 12.0. The molecule has 100 valence electrons. The van der Waals surface area contributed by atoms with E-state index < -0.39 is 0 Å². The van der Waals surface area contributed by atoms with Gasteiger partial charge in [-0.3, -0.25) is 4.79 Å². The molecular weight excluding hydrogens is 262 g/mol. The first kappa shape index (κ1) is 15.3. The summed E-state index contributed by atoms with van der Waals surface area (Å²) in [7, 11) is 0. The molecule has 0 saturated carbocycles. The molecule has 0 aliphatic carbocycles. The molecule has 1 aromatic rings. The van der Waals surface area contributed by atoms with Crippen LogP contribution in [0, 0.1) is 16.7 Å². The third-order valence-electron chi connectivity index (χ3n) is 2.26. The first-order chi connectivity index (χ1) is 8.81. The van der Waals surface area contributed by atoms with Crippen LogP contribution < -0.4 is 0 Å². The fourth-order valence-corrected chi connectivity index (χ4v) is 1.51. The van der Waals surface area contributed by atoms with Crippen LogP contribution in [0.2, 0.25) is 5.02 Å². The fourth-order valence-electron chi connectivity index (χ4n) is 1.39. The molecule has 0 amide bonds. The van der Waals surface area contributed by atoms with Gasteiger partial charge in [-0.15, -0.1) is 0 Å². The maximum absolute atomic E-state index is 11.6. The van der Waals surface area contributed by atoms with E-state index in [0.29, 0.717) is 22.6 Å². The number of carbonyl (C=O) groups is 1. The van der Waals surface area contributed by atoms with Crippen molar-refractivity contribution in [1.82, 2.24) is 0 Å². The highest BCUT2D eigenvalue weighted by Gasteiger charge is 2.16. The molecule has 0 fully saturated rings. The molecule has 19 heavy (non-hydrogen) atoms. The smallest absolute Gasteiger partial charge is 0.311 e. The van der Waals surface area contributed by atoms with Gasteiger partial charge in [-0.05, 0) is 23.1 Å². The third-order valence-corrected chi connectivity index (χ3v) is 2.51. The zero-order valence-electron chi connectivity index (χ0n) is 11.2. The van der Waals surface area contributed by atoms with E-state index in [2.05, 4.69) is 0 Å². The van der Waals surface area contributed by atoms with Gasteiger partial charge in [0.15, 0.2) is 0 Å². The van der Waals surface area contributed by atoms with Gasteiger partial charge in [0, 0.05) is 5.02 Å². The molecule has 1 rings (SSSR count). The van der Waals surface area contributed by atoms with Crippen molar-refractivity contribution in [2.24, 2.45) is 5.41 Å². The van der Waals surface area contributed by atoms with Crippen molar-refractivity contribution in [3.8, 4) is 6.07 Å².